The smallest absolute Gasteiger partial charge is 0.0493 e. The van der Waals surface area contributed by atoms with Crippen LogP contribution in [0.2, 0.25) is 0 Å². The zero-order chi connectivity index (χ0) is 17.0. The van der Waals surface area contributed by atoms with E-state index in [-0.39, 0.29) is 10.8 Å². The van der Waals surface area contributed by atoms with Crippen molar-refractivity contribution in [1.82, 2.24) is 0 Å². The molecule has 2 aromatic carbocycles. The molecule has 1 heteroatoms. The summed E-state index contributed by atoms with van der Waals surface area (Å²) in [5.74, 6) is 0. The molecule has 0 heterocycles. The topological polar surface area (TPSA) is 0 Å². The van der Waals surface area contributed by atoms with Gasteiger partial charge >= 0.3 is 0 Å². The van der Waals surface area contributed by atoms with Gasteiger partial charge < -0.3 is 0 Å². The van der Waals surface area contributed by atoms with Gasteiger partial charge in [-0.15, -0.1) is 0 Å². The number of fused-ring (bicyclic) bond motifs is 1. The maximum absolute atomic E-state index is 7.06. The molecule has 0 atom stereocenters. The molecule has 1 aliphatic rings. The predicted octanol–water partition coefficient (Wildman–Crippen LogP) is 6.52. The Kier molecular flexibility index (Phi) is 3.72. The lowest BCUT2D eigenvalue weighted by Gasteiger charge is -2.31. The maximum Gasteiger partial charge on any atom is 0.0493 e. The fourth-order valence-corrected chi connectivity index (χ4v) is 5.23. The number of allylic oxidation sites excluding steroid dienone is 1. The average Bonchev–Trinajstić information content (AvgIpc) is 2.62. The van der Waals surface area contributed by atoms with Crippen molar-refractivity contribution in [3.05, 3.63) is 75.9 Å². The fourth-order valence-electron chi connectivity index (χ4n) is 4.46. The Hall–Kier alpha value is -1.53. The van der Waals surface area contributed by atoms with Crippen LogP contribution in [0.1, 0.15) is 55.5 Å². The molecule has 0 aromatic heterocycles. The lowest BCUT2D eigenvalue weighted by Crippen LogP contribution is -2.24. The van der Waals surface area contributed by atoms with E-state index in [4.69, 9.17) is 11.6 Å². The standard InChI is InChI=1S/C22H25Cl/c1-14-10-9-11-15(2)18(14)19(23)20-21(3,4)16-12-7-8-13-17(16)22(20,5)6/h7-13H,1-6H3. The highest BCUT2D eigenvalue weighted by Crippen LogP contribution is 2.56. The second-order valence-corrected chi connectivity index (χ2v) is 8.13. The molecule has 0 bridgehead atoms. The van der Waals surface area contributed by atoms with Gasteiger partial charge in [-0.05, 0) is 47.2 Å². The van der Waals surface area contributed by atoms with Gasteiger partial charge in [-0.1, -0.05) is 81.8 Å². The summed E-state index contributed by atoms with van der Waals surface area (Å²) >= 11 is 7.06. The number of aryl methyl sites for hydroxylation is 2. The first-order valence-electron chi connectivity index (χ1n) is 8.26. The van der Waals surface area contributed by atoms with Crippen molar-refractivity contribution in [2.45, 2.75) is 52.4 Å². The third-order valence-electron chi connectivity index (χ3n) is 5.44. The Balaban J connectivity index is 2.36. The molecule has 0 N–H and O–H groups in total. The summed E-state index contributed by atoms with van der Waals surface area (Å²) in [5, 5.41) is 0.923. The normalized spacial score (nSPS) is 18.0. The van der Waals surface area contributed by atoms with Crippen LogP contribution in [0.25, 0.3) is 5.03 Å². The van der Waals surface area contributed by atoms with E-state index in [0.29, 0.717) is 0 Å². The van der Waals surface area contributed by atoms with Gasteiger partial charge in [-0.2, -0.15) is 0 Å². The van der Waals surface area contributed by atoms with Crippen LogP contribution in [0, 0.1) is 13.8 Å². The average molecular weight is 325 g/mol. The molecule has 2 aromatic rings. The first-order chi connectivity index (χ1) is 10.7. The van der Waals surface area contributed by atoms with Crippen molar-refractivity contribution in [2.24, 2.45) is 0 Å². The van der Waals surface area contributed by atoms with Crippen molar-refractivity contribution in [1.29, 1.82) is 0 Å². The summed E-state index contributed by atoms with van der Waals surface area (Å²) in [7, 11) is 0. The molecule has 1 aliphatic carbocycles. The van der Waals surface area contributed by atoms with Crippen LogP contribution in [0.5, 0.6) is 0 Å². The molecule has 120 valence electrons. The largest absolute Gasteiger partial charge is 0.0836 e. The molecule has 0 fully saturated rings. The van der Waals surface area contributed by atoms with E-state index in [1.807, 2.05) is 0 Å². The van der Waals surface area contributed by atoms with Crippen LogP contribution in [0.3, 0.4) is 0 Å². The van der Waals surface area contributed by atoms with Gasteiger partial charge in [0.25, 0.3) is 0 Å². The van der Waals surface area contributed by atoms with Crippen LogP contribution in [-0.2, 0) is 10.8 Å². The molecule has 0 aliphatic heterocycles. The second kappa shape index (κ2) is 5.24. The maximum atomic E-state index is 7.06. The molecule has 0 unspecified atom stereocenters. The minimum Gasteiger partial charge on any atom is -0.0836 e. The Morgan fingerprint density at radius 3 is 1.61 bits per heavy atom. The molecular weight excluding hydrogens is 300 g/mol. The van der Waals surface area contributed by atoms with E-state index in [1.165, 1.54) is 33.4 Å². The molecule has 0 spiro atoms. The Morgan fingerprint density at radius 2 is 1.17 bits per heavy atom. The van der Waals surface area contributed by atoms with Crippen molar-refractivity contribution >= 4 is 16.6 Å². The van der Waals surface area contributed by atoms with Gasteiger partial charge in [-0.25, -0.2) is 0 Å². The number of halogens is 1. The molecule has 0 saturated carbocycles. The summed E-state index contributed by atoms with van der Waals surface area (Å²) in [6, 6.07) is 15.2. The van der Waals surface area contributed by atoms with Crippen LogP contribution >= 0.6 is 11.6 Å². The SMILES string of the molecule is Cc1cccc(C)c1C(Cl)=C1C(C)(C)c2ccccc2C1(C)C. The van der Waals surface area contributed by atoms with Crippen LogP contribution in [0.4, 0.5) is 0 Å². The quantitative estimate of drug-likeness (QED) is 0.560. The lowest BCUT2D eigenvalue weighted by molar-refractivity contribution is 0.554. The Bertz CT molecular complexity index is 749. The molecule has 0 amide bonds. The van der Waals surface area contributed by atoms with Crippen molar-refractivity contribution in [2.75, 3.05) is 0 Å². The lowest BCUT2D eigenvalue weighted by atomic mass is 9.74. The van der Waals surface area contributed by atoms with Crippen LogP contribution in [0.15, 0.2) is 48.0 Å². The summed E-state index contributed by atoms with van der Waals surface area (Å²) in [4.78, 5) is 0. The highest BCUT2D eigenvalue weighted by Gasteiger charge is 2.48. The van der Waals surface area contributed by atoms with E-state index >= 15 is 0 Å². The first kappa shape index (κ1) is 16.3. The zero-order valence-electron chi connectivity index (χ0n) is 14.9. The van der Waals surface area contributed by atoms with Crippen LogP contribution < -0.4 is 0 Å². The molecule has 0 radical (unpaired) electrons. The molecule has 0 nitrogen and oxygen atoms in total. The van der Waals surface area contributed by atoms with Gasteiger partial charge in [0.05, 0.1) is 0 Å². The number of benzene rings is 2. The highest BCUT2D eigenvalue weighted by molar-refractivity contribution is 6.50. The van der Waals surface area contributed by atoms with Gasteiger partial charge in [0.2, 0.25) is 0 Å². The van der Waals surface area contributed by atoms with E-state index in [2.05, 4.69) is 84.0 Å². The van der Waals surface area contributed by atoms with Gasteiger partial charge in [0.1, 0.15) is 0 Å². The molecule has 23 heavy (non-hydrogen) atoms. The summed E-state index contributed by atoms with van der Waals surface area (Å²) in [6.45, 7) is 13.5. The fraction of sp³-hybridized carbons (Fsp3) is 0.364. The molecular formula is C22H25Cl. The van der Waals surface area contributed by atoms with Gasteiger partial charge in [0, 0.05) is 15.9 Å². The first-order valence-corrected chi connectivity index (χ1v) is 8.64. The third-order valence-corrected chi connectivity index (χ3v) is 5.82. The van der Waals surface area contributed by atoms with Crippen molar-refractivity contribution < 1.29 is 0 Å². The number of hydrogen-bond acceptors (Lipinski definition) is 0. The van der Waals surface area contributed by atoms with Gasteiger partial charge in [0.15, 0.2) is 0 Å². The van der Waals surface area contributed by atoms with E-state index in [9.17, 15) is 0 Å². The zero-order valence-corrected chi connectivity index (χ0v) is 15.7. The van der Waals surface area contributed by atoms with E-state index in [1.54, 1.807) is 0 Å². The number of hydrogen-bond donors (Lipinski definition) is 0. The number of rotatable bonds is 1. The van der Waals surface area contributed by atoms with Crippen molar-refractivity contribution in [3.63, 3.8) is 0 Å². The van der Waals surface area contributed by atoms with Gasteiger partial charge in [-0.3, -0.25) is 0 Å². The van der Waals surface area contributed by atoms with E-state index in [0.717, 1.165) is 5.03 Å². The second-order valence-electron chi connectivity index (χ2n) is 7.75. The highest BCUT2D eigenvalue weighted by atomic mass is 35.5. The predicted molar refractivity (Wildman–Crippen MR) is 101 cm³/mol. The minimum atomic E-state index is -0.0636. The third kappa shape index (κ3) is 2.27. The van der Waals surface area contributed by atoms with Crippen molar-refractivity contribution in [3.8, 4) is 0 Å². The Labute approximate surface area is 145 Å². The molecule has 0 saturated heterocycles. The minimum absolute atomic E-state index is 0.0636. The monoisotopic (exact) mass is 324 g/mol. The summed E-state index contributed by atoms with van der Waals surface area (Å²) < 4.78 is 0. The molecule has 3 rings (SSSR count). The summed E-state index contributed by atoms with van der Waals surface area (Å²) in [5.41, 5.74) is 7.66. The Morgan fingerprint density at radius 1 is 0.739 bits per heavy atom. The van der Waals surface area contributed by atoms with Crippen LogP contribution in [-0.4, -0.2) is 0 Å². The van der Waals surface area contributed by atoms with E-state index < -0.39 is 0 Å². The summed E-state index contributed by atoms with van der Waals surface area (Å²) in [6.07, 6.45) is 0.